The maximum Gasteiger partial charge on any atom is 0.146 e. The average Bonchev–Trinajstić information content (AvgIpc) is 2.96. The minimum absolute atomic E-state index is 0.516. The highest BCUT2D eigenvalue weighted by molar-refractivity contribution is 6.04. The van der Waals surface area contributed by atoms with E-state index in [1.807, 2.05) is 26.1 Å². The van der Waals surface area contributed by atoms with E-state index >= 15 is 0 Å². The van der Waals surface area contributed by atoms with Crippen LogP contribution in [0.4, 0.5) is 5.82 Å². The smallest absolute Gasteiger partial charge is 0.146 e. The number of aryl methyl sites for hydroxylation is 2. The zero-order chi connectivity index (χ0) is 19.1. The molecule has 0 bridgehead atoms. The zero-order valence-corrected chi connectivity index (χ0v) is 16.0. The molecule has 5 nitrogen and oxygen atoms in total. The van der Waals surface area contributed by atoms with Gasteiger partial charge in [0.15, 0.2) is 0 Å². The Bertz CT molecular complexity index is 1110. The molecule has 3 aromatic heterocycles. The van der Waals surface area contributed by atoms with E-state index < -0.39 is 0 Å². The van der Waals surface area contributed by atoms with Crippen molar-refractivity contribution in [2.75, 3.05) is 5.73 Å². The van der Waals surface area contributed by atoms with Gasteiger partial charge in [-0.1, -0.05) is 18.9 Å². The zero-order valence-electron chi connectivity index (χ0n) is 16.0. The molecule has 0 unspecified atom stereocenters. The number of hydrogen-bond acceptors (Lipinski definition) is 4. The molecular weight excluding hydrogens is 334 g/mol. The lowest BCUT2D eigenvalue weighted by atomic mass is 9.86. The van der Waals surface area contributed by atoms with Crippen LogP contribution in [0.3, 0.4) is 0 Å². The predicted molar refractivity (Wildman–Crippen MR) is 110 cm³/mol. The quantitative estimate of drug-likeness (QED) is 0.701. The van der Waals surface area contributed by atoms with E-state index in [0.717, 1.165) is 46.4 Å². The molecule has 0 aliphatic heterocycles. The van der Waals surface area contributed by atoms with Crippen molar-refractivity contribution in [3.63, 3.8) is 0 Å². The van der Waals surface area contributed by atoms with Crippen molar-refractivity contribution in [1.82, 2.24) is 19.5 Å². The second-order valence-electron chi connectivity index (χ2n) is 7.32. The van der Waals surface area contributed by atoms with Crippen LogP contribution in [-0.2, 0) is 7.05 Å². The first-order valence-corrected chi connectivity index (χ1v) is 9.24. The van der Waals surface area contributed by atoms with Crippen LogP contribution in [0, 0.1) is 25.2 Å². The molecule has 136 valence electrons. The molecule has 2 N–H and O–H groups in total. The number of hydrogen-bond donors (Lipinski definition) is 1. The van der Waals surface area contributed by atoms with E-state index in [1.165, 1.54) is 18.3 Å². The fourth-order valence-corrected chi connectivity index (χ4v) is 3.99. The van der Waals surface area contributed by atoms with Crippen LogP contribution < -0.4 is 5.73 Å². The van der Waals surface area contributed by atoms with Gasteiger partial charge in [-0.25, -0.2) is 15.0 Å². The van der Waals surface area contributed by atoms with E-state index in [4.69, 9.17) is 12.2 Å². The summed E-state index contributed by atoms with van der Waals surface area (Å²) in [5, 5.41) is 0.927. The second kappa shape index (κ2) is 6.55. The van der Waals surface area contributed by atoms with E-state index in [9.17, 15) is 0 Å². The number of nitrogen functional groups attached to an aromatic ring is 1. The first-order valence-electron chi connectivity index (χ1n) is 9.24. The fourth-order valence-electron chi connectivity index (χ4n) is 3.99. The van der Waals surface area contributed by atoms with Crippen molar-refractivity contribution in [2.24, 2.45) is 13.0 Å². The molecule has 4 rings (SSSR count). The number of pyridine rings is 1. The summed E-state index contributed by atoms with van der Waals surface area (Å²) in [6.07, 6.45) is 12.7. The van der Waals surface area contributed by atoms with Gasteiger partial charge in [-0.05, 0) is 49.8 Å². The molecule has 27 heavy (non-hydrogen) atoms. The van der Waals surface area contributed by atoms with Crippen LogP contribution in [0.2, 0.25) is 0 Å². The van der Waals surface area contributed by atoms with Gasteiger partial charge >= 0.3 is 0 Å². The van der Waals surface area contributed by atoms with Crippen LogP contribution in [0.5, 0.6) is 0 Å². The molecule has 0 aromatic carbocycles. The molecular formula is C22H23N5. The van der Waals surface area contributed by atoms with Gasteiger partial charge in [0.05, 0.1) is 11.1 Å². The molecule has 0 radical (unpaired) electrons. The third-order valence-corrected chi connectivity index (χ3v) is 5.48. The van der Waals surface area contributed by atoms with E-state index in [2.05, 4.69) is 38.4 Å². The van der Waals surface area contributed by atoms with Gasteiger partial charge in [0.1, 0.15) is 23.5 Å². The summed E-state index contributed by atoms with van der Waals surface area (Å²) in [6.45, 7) is 4.28. The first-order chi connectivity index (χ1) is 13.0. The van der Waals surface area contributed by atoms with Crippen molar-refractivity contribution >= 4 is 22.4 Å². The van der Waals surface area contributed by atoms with Crippen LogP contribution in [-0.4, -0.2) is 19.5 Å². The maximum absolute atomic E-state index is 6.30. The van der Waals surface area contributed by atoms with Gasteiger partial charge in [0.25, 0.3) is 0 Å². The normalized spacial score (nSPS) is 17.0. The Balaban J connectivity index is 2.06. The number of terminal acetylenes is 1. The van der Waals surface area contributed by atoms with Crippen molar-refractivity contribution in [3.05, 3.63) is 41.5 Å². The molecule has 0 saturated heterocycles. The highest BCUT2D eigenvalue weighted by atomic mass is 15.1. The van der Waals surface area contributed by atoms with Gasteiger partial charge in [0, 0.05) is 23.9 Å². The highest BCUT2D eigenvalue weighted by Crippen LogP contribution is 2.43. The predicted octanol–water partition coefficient (Wildman–Crippen LogP) is 4.11. The summed E-state index contributed by atoms with van der Waals surface area (Å²) >= 11 is 0. The lowest BCUT2D eigenvalue weighted by Crippen LogP contribution is -2.03. The molecule has 1 atom stereocenters. The molecule has 0 amide bonds. The topological polar surface area (TPSA) is 69.6 Å². The van der Waals surface area contributed by atoms with Crippen molar-refractivity contribution in [1.29, 1.82) is 0 Å². The van der Waals surface area contributed by atoms with Gasteiger partial charge in [-0.3, -0.25) is 0 Å². The summed E-state index contributed by atoms with van der Waals surface area (Å²) < 4.78 is 2.10. The molecule has 0 saturated carbocycles. The Kier molecular flexibility index (Phi) is 4.19. The maximum atomic E-state index is 6.30. The largest absolute Gasteiger partial charge is 0.383 e. The Labute approximate surface area is 159 Å². The number of anilines is 1. The SMILES string of the molecule is C#Cc1ccc(-c2c(C3=CC[C@@H](C)CC3)c3c(N)ncnc3n2C)c(C)n1. The minimum atomic E-state index is 0.516. The summed E-state index contributed by atoms with van der Waals surface area (Å²) in [4.78, 5) is 13.3. The third kappa shape index (κ3) is 2.78. The lowest BCUT2D eigenvalue weighted by Gasteiger charge is -2.20. The Morgan fingerprint density at radius 1 is 1.30 bits per heavy atom. The summed E-state index contributed by atoms with van der Waals surface area (Å²) in [5.41, 5.74) is 13.2. The number of nitrogens with two attached hydrogens (primary N) is 1. The molecule has 0 spiro atoms. The number of fused-ring (bicyclic) bond motifs is 1. The van der Waals surface area contributed by atoms with Crippen LogP contribution in [0.15, 0.2) is 24.5 Å². The van der Waals surface area contributed by atoms with Gasteiger partial charge in [0.2, 0.25) is 0 Å². The number of rotatable bonds is 2. The molecule has 3 heterocycles. The molecule has 1 aliphatic rings. The Morgan fingerprint density at radius 3 is 2.78 bits per heavy atom. The van der Waals surface area contributed by atoms with Crippen molar-refractivity contribution < 1.29 is 0 Å². The summed E-state index contributed by atoms with van der Waals surface area (Å²) in [5.74, 6) is 3.83. The summed E-state index contributed by atoms with van der Waals surface area (Å²) in [6, 6.07) is 3.93. The van der Waals surface area contributed by atoms with E-state index in [1.54, 1.807) is 0 Å². The number of nitrogens with zero attached hydrogens (tertiary/aromatic N) is 4. The van der Waals surface area contributed by atoms with E-state index in [0.29, 0.717) is 17.4 Å². The average molecular weight is 357 g/mol. The monoisotopic (exact) mass is 357 g/mol. The fraction of sp³-hybridized carbons (Fsp3) is 0.318. The highest BCUT2D eigenvalue weighted by Gasteiger charge is 2.25. The third-order valence-electron chi connectivity index (χ3n) is 5.48. The first kappa shape index (κ1) is 17.3. The van der Waals surface area contributed by atoms with E-state index in [-0.39, 0.29) is 0 Å². The summed E-state index contributed by atoms with van der Waals surface area (Å²) in [7, 11) is 2.02. The lowest BCUT2D eigenvalue weighted by molar-refractivity contribution is 0.534. The number of allylic oxidation sites excluding steroid dienone is 2. The van der Waals surface area contributed by atoms with Crippen LogP contribution in [0.25, 0.3) is 27.9 Å². The standard InChI is InChI=1S/C22H23N5/c1-5-16-10-11-17(14(3)26-16)20-18(15-8-6-13(2)7-9-15)19-21(23)24-12-25-22(19)27(20)4/h1,8,10-13H,6-7,9H2,2-4H3,(H2,23,24,25)/t13-/m1/s1. The molecule has 5 heteroatoms. The molecule has 0 fully saturated rings. The van der Waals surface area contributed by atoms with Crippen LogP contribution >= 0.6 is 0 Å². The molecule has 1 aliphatic carbocycles. The Hall–Kier alpha value is -3.13. The Morgan fingerprint density at radius 2 is 2.11 bits per heavy atom. The van der Waals surface area contributed by atoms with Crippen molar-refractivity contribution in [2.45, 2.75) is 33.1 Å². The molecule has 3 aromatic rings. The van der Waals surface area contributed by atoms with Gasteiger partial charge in [-0.2, -0.15) is 0 Å². The number of aromatic nitrogens is 4. The van der Waals surface area contributed by atoms with Gasteiger partial charge < -0.3 is 10.3 Å². The second-order valence-corrected chi connectivity index (χ2v) is 7.32. The minimum Gasteiger partial charge on any atom is -0.383 e. The van der Waals surface area contributed by atoms with Crippen LogP contribution in [0.1, 0.15) is 43.1 Å². The van der Waals surface area contributed by atoms with Crippen molar-refractivity contribution in [3.8, 4) is 23.6 Å². The van der Waals surface area contributed by atoms with Gasteiger partial charge in [-0.15, -0.1) is 6.42 Å².